The van der Waals surface area contributed by atoms with Gasteiger partial charge in [-0.25, -0.2) is 10.2 Å². The van der Waals surface area contributed by atoms with Gasteiger partial charge in [-0.1, -0.05) is 12.1 Å². The Kier molecular flexibility index (Phi) is 3.99. The average Bonchev–Trinajstić information content (AvgIpc) is 2.45. The SMILES string of the molecule is NNc1ccc(C(=O)NCc2cccc(F)c2)nn1. The first-order valence-corrected chi connectivity index (χ1v) is 5.52. The molecule has 19 heavy (non-hydrogen) atoms. The van der Waals surface area contributed by atoms with Crippen LogP contribution in [0.25, 0.3) is 0 Å². The summed E-state index contributed by atoms with van der Waals surface area (Å²) in [5.74, 6) is 4.77. The molecule has 0 atom stereocenters. The van der Waals surface area contributed by atoms with E-state index in [2.05, 4.69) is 20.9 Å². The molecule has 98 valence electrons. The predicted molar refractivity (Wildman–Crippen MR) is 67.4 cm³/mol. The molecule has 1 aromatic carbocycles. The van der Waals surface area contributed by atoms with E-state index in [1.54, 1.807) is 12.1 Å². The Balaban J connectivity index is 1.97. The third-order valence-corrected chi connectivity index (χ3v) is 2.39. The van der Waals surface area contributed by atoms with Crippen LogP contribution in [0.4, 0.5) is 10.2 Å². The quantitative estimate of drug-likeness (QED) is 0.560. The van der Waals surface area contributed by atoms with Gasteiger partial charge in [0.15, 0.2) is 11.5 Å². The van der Waals surface area contributed by atoms with E-state index in [-0.39, 0.29) is 24.0 Å². The van der Waals surface area contributed by atoms with Crippen molar-refractivity contribution in [3.05, 3.63) is 53.5 Å². The Morgan fingerprint density at radius 1 is 1.26 bits per heavy atom. The fourth-order valence-electron chi connectivity index (χ4n) is 1.45. The van der Waals surface area contributed by atoms with Gasteiger partial charge in [-0.15, -0.1) is 10.2 Å². The molecule has 1 aromatic heterocycles. The summed E-state index contributed by atoms with van der Waals surface area (Å²) in [6.45, 7) is 0.217. The number of carbonyl (C=O) groups is 1. The predicted octanol–water partition coefficient (Wildman–Crippen LogP) is 0.831. The van der Waals surface area contributed by atoms with Gasteiger partial charge in [-0.3, -0.25) is 4.79 Å². The molecule has 6 nitrogen and oxygen atoms in total. The summed E-state index contributed by atoms with van der Waals surface area (Å²) in [5, 5.41) is 10.0. The highest BCUT2D eigenvalue weighted by Crippen LogP contribution is 2.04. The van der Waals surface area contributed by atoms with Crippen LogP contribution in [0, 0.1) is 5.82 Å². The normalized spacial score (nSPS) is 10.0. The second-order valence-corrected chi connectivity index (χ2v) is 3.76. The van der Waals surface area contributed by atoms with Crippen molar-refractivity contribution in [1.29, 1.82) is 0 Å². The van der Waals surface area contributed by atoms with Gasteiger partial charge >= 0.3 is 0 Å². The van der Waals surface area contributed by atoms with Gasteiger partial charge in [0.2, 0.25) is 0 Å². The number of nitrogen functional groups attached to an aromatic ring is 1. The molecule has 1 amide bonds. The third kappa shape index (κ3) is 3.46. The number of hydrogen-bond donors (Lipinski definition) is 3. The first-order valence-electron chi connectivity index (χ1n) is 5.52. The summed E-state index contributed by atoms with van der Waals surface area (Å²) < 4.78 is 12.9. The summed E-state index contributed by atoms with van der Waals surface area (Å²) in [6.07, 6.45) is 0. The molecule has 0 aliphatic rings. The van der Waals surface area contributed by atoms with E-state index < -0.39 is 0 Å². The fourth-order valence-corrected chi connectivity index (χ4v) is 1.45. The minimum atomic E-state index is -0.389. The number of amides is 1. The van der Waals surface area contributed by atoms with Gasteiger partial charge in [0.05, 0.1) is 0 Å². The number of hydrogen-bond acceptors (Lipinski definition) is 5. The number of rotatable bonds is 4. The molecule has 7 heteroatoms. The Morgan fingerprint density at radius 2 is 2.11 bits per heavy atom. The first kappa shape index (κ1) is 12.9. The molecule has 0 spiro atoms. The molecular weight excluding hydrogens is 249 g/mol. The number of nitrogens with one attached hydrogen (secondary N) is 2. The zero-order valence-corrected chi connectivity index (χ0v) is 9.93. The molecule has 0 bridgehead atoms. The molecule has 0 fully saturated rings. The van der Waals surface area contributed by atoms with Crippen LogP contribution in [-0.2, 0) is 6.54 Å². The van der Waals surface area contributed by atoms with Gasteiger partial charge in [0.25, 0.3) is 5.91 Å². The molecule has 4 N–H and O–H groups in total. The van der Waals surface area contributed by atoms with Crippen molar-refractivity contribution in [2.24, 2.45) is 5.84 Å². The lowest BCUT2D eigenvalue weighted by atomic mass is 10.2. The minimum absolute atomic E-state index is 0.162. The minimum Gasteiger partial charge on any atom is -0.347 e. The molecule has 0 radical (unpaired) electrons. The Hall–Kier alpha value is -2.54. The third-order valence-electron chi connectivity index (χ3n) is 2.39. The van der Waals surface area contributed by atoms with Crippen LogP contribution in [0.15, 0.2) is 36.4 Å². The van der Waals surface area contributed by atoms with Crippen LogP contribution < -0.4 is 16.6 Å². The summed E-state index contributed by atoms with van der Waals surface area (Å²) >= 11 is 0. The van der Waals surface area contributed by atoms with Crippen LogP contribution >= 0.6 is 0 Å². The number of carbonyl (C=O) groups excluding carboxylic acids is 1. The van der Waals surface area contributed by atoms with Crippen LogP contribution in [0.5, 0.6) is 0 Å². The summed E-state index contributed by atoms with van der Waals surface area (Å²) in [5.41, 5.74) is 3.14. The first-order chi connectivity index (χ1) is 9.19. The van der Waals surface area contributed by atoms with Crippen molar-refractivity contribution >= 4 is 11.7 Å². The molecule has 2 rings (SSSR count). The second-order valence-electron chi connectivity index (χ2n) is 3.76. The lowest BCUT2D eigenvalue weighted by molar-refractivity contribution is 0.0945. The summed E-state index contributed by atoms with van der Waals surface area (Å²) in [4.78, 5) is 11.7. The number of hydrazine groups is 1. The maximum atomic E-state index is 12.9. The van der Waals surface area contributed by atoms with Gasteiger partial charge in [-0.2, -0.15) is 0 Å². The standard InChI is InChI=1S/C12H12FN5O/c13-9-3-1-2-8(6-9)7-15-12(19)10-4-5-11(16-14)18-17-10/h1-6H,7,14H2,(H,15,19)(H,16,18). The van der Waals surface area contributed by atoms with Gasteiger partial charge in [0.1, 0.15) is 5.82 Å². The van der Waals surface area contributed by atoms with Crippen LogP contribution in [0.3, 0.4) is 0 Å². The summed E-state index contributed by atoms with van der Waals surface area (Å²) in [7, 11) is 0. The average molecular weight is 261 g/mol. The van der Waals surface area contributed by atoms with Gasteiger partial charge in [0, 0.05) is 6.54 Å². The summed E-state index contributed by atoms with van der Waals surface area (Å²) in [6, 6.07) is 9.02. The number of anilines is 1. The lowest BCUT2D eigenvalue weighted by Gasteiger charge is -2.05. The number of nitrogens with two attached hydrogens (primary N) is 1. The maximum absolute atomic E-state index is 12.9. The van der Waals surface area contributed by atoms with E-state index in [9.17, 15) is 9.18 Å². The van der Waals surface area contributed by atoms with Crippen LogP contribution in [-0.4, -0.2) is 16.1 Å². The van der Waals surface area contributed by atoms with Gasteiger partial charge < -0.3 is 10.7 Å². The zero-order chi connectivity index (χ0) is 13.7. The van der Waals surface area contributed by atoms with E-state index in [1.165, 1.54) is 24.3 Å². The molecule has 0 saturated carbocycles. The lowest BCUT2D eigenvalue weighted by Crippen LogP contribution is -2.24. The Labute approximate surface area is 108 Å². The van der Waals surface area contributed by atoms with Crippen molar-refractivity contribution < 1.29 is 9.18 Å². The maximum Gasteiger partial charge on any atom is 0.272 e. The molecule has 0 saturated heterocycles. The zero-order valence-electron chi connectivity index (χ0n) is 9.93. The molecule has 0 aliphatic heterocycles. The van der Waals surface area contributed by atoms with E-state index in [0.29, 0.717) is 11.4 Å². The number of halogens is 1. The highest BCUT2D eigenvalue weighted by atomic mass is 19.1. The van der Waals surface area contributed by atoms with Crippen molar-refractivity contribution in [1.82, 2.24) is 15.5 Å². The van der Waals surface area contributed by atoms with Gasteiger partial charge in [-0.05, 0) is 29.8 Å². The molecule has 2 aromatic rings. The van der Waals surface area contributed by atoms with Crippen LogP contribution in [0.2, 0.25) is 0 Å². The highest BCUT2D eigenvalue weighted by Gasteiger charge is 2.07. The Bertz CT molecular complexity index is 573. The fraction of sp³-hybridized carbons (Fsp3) is 0.0833. The molecule has 0 aliphatic carbocycles. The van der Waals surface area contributed by atoms with Crippen molar-refractivity contribution in [3.63, 3.8) is 0 Å². The van der Waals surface area contributed by atoms with E-state index >= 15 is 0 Å². The largest absolute Gasteiger partial charge is 0.347 e. The van der Waals surface area contributed by atoms with Crippen molar-refractivity contribution in [2.45, 2.75) is 6.54 Å². The van der Waals surface area contributed by atoms with Crippen LogP contribution in [0.1, 0.15) is 16.1 Å². The second kappa shape index (κ2) is 5.87. The highest BCUT2D eigenvalue weighted by molar-refractivity contribution is 5.92. The number of benzene rings is 1. The number of aromatic nitrogens is 2. The topological polar surface area (TPSA) is 92.9 Å². The van der Waals surface area contributed by atoms with E-state index in [4.69, 9.17) is 5.84 Å². The Morgan fingerprint density at radius 3 is 2.74 bits per heavy atom. The monoisotopic (exact) mass is 261 g/mol. The molecular formula is C12H12FN5O. The van der Waals surface area contributed by atoms with E-state index in [1.807, 2.05) is 0 Å². The smallest absolute Gasteiger partial charge is 0.272 e. The molecule has 1 heterocycles. The van der Waals surface area contributed by atoms with Crippen molar-refractivity contribution in [2.75, 3.05) is 5.43 Å². The molecule has 0 unspecified atom stereocenters. The van der Waals surface area contributed by atoms with E-state index in [0.717, 1.165) is 0 Å². The van der Waals surface area contributed by atoms with Crippen molar-refractivity contribution in [3.8, 4) is 0 Å². The number of nitrogens with zero attached hydrogens (tertiary/aromatic N) is 2.